The maximum absolute atomic E-state index is 10.4. The van der Waals surface area contributed by atoms with E-state index in [-0.39, 0.29) is 0 Å². The molecule has 2 rings (SSSR count). The maximum atomic E-state index is 10.4. The average Bonchev–Trinajstić information content (AvgIpc) is 2.35. The van der Waals surface area contributed by atoms with Crippen molar-refractivity contribution in [3.8, 4) is 0 Å². The van der Waals surface area contributed by atoms with E-state index in [0.717, 1.165) is 22.3 Å². The predicted molar refractivity (Wildman–Crippen MR) is 81.0 cm³/mol. The Morgan fingerprint density at radius 1 is 1.05 bits per heavy atom. The van der Waals surface area contributed by atoms with Crippen molar-refractivity contribution in [3.63, 3.8) is 0 Å². The zero-order valence-electron chi connectivity index (χ0n) is 11.0. The zero-order valence-corrected chi connectivity index (χ0v) is 12.5. The predicted octanol–water partition coefficient (Wildman–Crippen LogP) is 4.89. The molecule has 0 fully saturated rings. The monoisotopic (exact) mass is 294 g/mol. The minimum atomic E-state index is -0.598. The van der Waals surface area contributed by atoms with Gasteiger partial charge in [0.1, 0.15) is 0 Å². The van der Waals surface area contributed by atoms with Crippen molar-refractivity contribution in [1.82, 2.24) is 0 Å². The third-order valence-electron chi connectivity index (χ3n) is 3.22. The second-order valence-electron chi connectivity index (χ2n) is 4.82. The molecule has 0 heterocycles. The molecule has 0 radical (unpaired) electrons. The standard InChI is InChI=1S/C16H16Cl2O/c1-10-3-5-12(15(18)7-10)8-16(19)14-9-13(17)6-4-11(14)2/h3-7,9,16,19H,8H2,1-2H3. The van der Waals surface area contributed by atoms with Crippen LogP contribution in [0.1, 0.15) is 28.4 Å². The Labute approximate surface area is 123 Å². The smallest absolute Gasteiger partial charge is 0.0833 e. The van der Waals surface area contributed by atoms with Gasteiger partial charge < -0.3 is 5.11 Å². The van der Waals surface area contributed by atoms with Gasteiger partial charge >= 0.3 is 0 Å². The van der Waals surface area contributed by atoms with Crippen molar-refractivity contribution in [2.75, 3.05) is 0 Å². The molecule has 2 aromatic carbocycles. The maximum Gasteiger partial charge on any atom is 0.0833 e. The van der Waals surface area contributed by atoms with Gasteiger partial charge in [0.15, 0.2) is 0 Å². The Bertz CT molecular complexity index is 593. The van der Waals surface area contributed by atoms with Gasteiger partial charge in [0.2, 0.25) is 0 Å². The zero-order chi connectivity index (χ0) is 14.0. The van der Waals surface area contributed by atoms with Gasteiger partial charge in [0, 0.05) is 16.5 Å². The van der Waals surface area contributed by atoms with Crippen molar-refractivity contribution in [2.45, 2.75) is 26.4 Å². The van der Waals surface area contributed by atoms with Crippen LogP contribution in [-0.2, 0) is 6.42 Å². The van der Waals surface area contributed by atoms with Crippen LogP contribution in [-0.4, -0.2) is 5.11 Å². The largest absolute Gasteiger partial charge is 0.388 e. The third kappa shape index (κ3) is 3.50. The van der Waals surface area contributed by atoms with Crippen LogP contribution in [0.25, 0.3) is 0 Å². The Balaban J connectivity index is 2.25. The number of aliphatic hydroxyl groups excluding tert-OH is 1. The summed E-state index contributed by atoms with van der Waals surface area (Å²) in [5.41, 5.74) is 3.94. The summed E-state index contributed by atoms with van der Waals surface area (Å²) in [7, 11) is 0. The van der Waals surface area contributed by atoms with Gasteiger partial charge in [-0.05, 0) is 54.3 Å². The lowest BCUT2D eigenvalue weighted by atomic mass is 9.97. The highest BCUT2D eigenvalue weighted by Gasteiger charge is 2.13. The Morgan fingerprint density at radius 2 is 1.79 bits per heavy atom. The van der Waals surface area contributed by atoms with Crippen LogP contribution in [0.15, 0.2) is 36.4 Å². The number of halogens is 2. The van der Waals surface area contributed by atoms with Crippen LogP contribution in [0.3, 0.4) is 0 Å². The molecular weight excluding hydrogens is 279 g/mol. The molecule has 0 saturated carbocycles. The molecule has 0 amide bonds. The molecule has 1 atom stereocenters. The van der Waals surface area contributed by atoms with Gasteiger partial charge in [-0.3, -0.25) is 0 Å². The van der Waals surface area contributed by atoms with E-state index < -0.39 is 6.10 Å². The second-order valence-corrected chi connectivity index (χ2v) is 5.66. The molecule has 19 heavy (non-hydrogen) atoms. The third-order valence-corrected chi connectivity index (χ3v) is 3.81. The summed E-state index contributed by atoms with van der Waals surface area (Å²) in [4.78, 5) is 0. The molecule has 0 aromatic heterocycles. The van der Waals surface area contributed by atoms with E-state index in [1.54, 1.807) is 0 Å². The number of hydrogen-bond donors (Lipinski definition) is 1. The lowest BCUT2D eigenvalue weighted by molar-refractivity contribution is 0.178. The summed E-state index contributed by atoms with van der Waals surface area (Å²) in [6.07, 6.45) is -0.112. The van der Waals surface area contributed by atoms with Crippen molar-refractivity contribution in [2.24, 2.45) is 0 Å². The van der Waals surface area contributed by atoms with Crippen LogP contribution in [0.2, 0.25) is 10.0 Å². The quantitative estimate of drug-likeness (QED) is 0.855. The highest BCUT2D eigenvalue weighted by Crippen LogP contribution is 2.27. The topological polar surface area (TPSA) is 20.2 Å². The van der Waals surface area contributed by atoms with E-state index in [1.807, 2.05) is 50.2 Å². The lowest BCUT2D eigenvalue weighted by Gasteiger charge is -2.15. The highest BCUT2D eigenvalue weighted by molar-refractivity contribution is 6.31. The van der Waals surface area contributed by atoms with E-state index in [4.69, 9.17) is 23.2 Å². The van der Waals surface area contributed by atoms with Crippen molar-refractivity contribution in [1.29, 1.82) is 0 Å². The minimum Gasteiger partial charge on any atom is -0.388 e. The molecule has 2 aromatic rings. The van der Waals surface area contributed by atoms with Crippen LogP contribution in [0.5, 0.6) is 0 Å². The van der Waals surface area contributed by atoms with E-state index in [9.17, 15) is 5.11 Å². The summed E-state index contributed by atoms with van der Waals surface area (Å²) >= 11 is 12.2. The van der Waals surface area contributed by atoms with Crippen LogP contribution in [0.4, 0.5) is 0 Å². The van der Waals surface area contributed by atoms with Crippen LogP contribution < -0.4 is 0 Å². The van der Waals surface area contributed by atoms with Gasteiger partial charge in [-0.2, -0.15) is 0 Å². The number of benzene rings is 2. The van der Waals surface area contributed by atoms with Crippen molar-refractivity contribution in [3.05, 3.63) is 68.7 Å². The van der Waals surface area contributed by atoms with Crippen molar-refractivity contribution < 1.29 is 5.11 Å². The van der Waals surface area contributed by atoms with Crippen LogP contribution in [0, 0.1) is 13.8 Å². The first-order valence-corrected chi connectivity index (χ1v) is 6.92. The summed E-state index contributed by atoms with van der Waals surface area (Å²) in [5.74, 6) is 0. The summed E-state index contributed by atoms with van der Waals surface area (Å²) < 4.78 is 0. The number of aryl methyl sites for hydroxylation is 2. The molecule has 1 nitrogen and oxygen atoms in total. The number of rotatable bonds is 3. The lowest BCUT2D eigenvalue weighted by Crippen LogP contribution is -2.04. The average molecular weight is 295 g/mol. The normalized spacial score (nSPS) is 12.5. The van der Waals surface area contributed by atoms with E-state index in [2.05, 4.69) is 0 Å². The number of hydrogen-bond acceptors (Lipinski definition) is 1. The number of aliphatic hydroxyl groups is 1. The van der Waals surface area contributed by atoms with Gasteiger partial charge in [0.25, 0.3) is 0 Å². The fourth-order valence-corrected chi connectivity index (χ4v) is 2.60. The molecule has 1 unspecified atom stereocenters. The SMILES string of the molecule is Cc1ccc(CC(O)c2cc(Cl)ccc2C)c(Cl)c1. The van der Waals surface area contributed by atoms with E-state index >= 15 is 0 Å². The van der Waals surface area contributed by atoms with E-state index in [1.165, 1.54) is 0 Å². The molecule has 0 aliphatic carbocycles. The molecule has 0 aliphatic heterocycles. The van der Waals surface area contributed by atoms with Crippen LogP contribution >= 0.6 is 23.2 Å². The molecule has 0 saturated heterocycles. The molecule has 100 valence electrons. The van der Waals surface area contributed by atoms with Gasteiger partial charge in [-0.25, -0.2) is 0 Å². The molecule has 0 aliphatic rings. The Hall–Kier alpha value is -1.02. The van der Waals surface area contributed by atoms with E-state index in [0.29, 0.717) is 16.5 Å². The van der Waals surface area contributed by atoms with Gasteiger partial charge in [-0.1, -0.05) is 41.4 Å². The minimum absolute atomic E-state index is 0.486. The molecule has 0 spiro atoms. The summed E-state index contributed by atoms with van der Waals surface area (Å²) in [5, 5.41) is 11.7. The molecule has 3 heteroatoms. The fourth-order valence-electron chi connectivity index (χ4n) is 2.11. The molecule has 0 bridgehead atoms. The second kappa shape index (κ2) is 5.96. The first-order valence-electron chi connectivity index (χ1n) is 6.16. The molecule has 1 N–H and O–H groups in total. The Morgan fingerprint density at radius 3 is 2.47 bits per heavy atom. The fraction of sp³-hybridized carbons (Fsp3) is 0.250. The summed E-state index contributed by atoms with van der Waals surface area (Å²) in [6, 6.07) is 11.4. The van der Waals surface area contributed by atoms with Gasteiger partial charge in [-0.15, -0.1) is 0 Å². The Kier molecular flexibility index (Phi) is 4.51. The first kappa shape index (κ1) is 14.4. The highest BCUT2D eigenvalue weighted by atomic mass is 35.5. The van der Waals surface area contributed by atoms with Gasteiger partial charge in [0.05, 0.1) is 6.10 Å². The molecular formula is C16H16Cl2O. The summed E-state index contributed by atoms with van der Waals surface area (Å²) in [6.45, 7) is 3.96. The first-order chi connectivity index (χ1) is 8.97. The van der Waals surface area contributed by atoms with Crippen molar-refractivity contribution >= 4 is 23.2 Å².